The first-order chi connectivity index (χ1) is 10.4. The van der Waals surface area contributed by atoms with Gasteiger partial charge in [-0.3, -0.25) is 0 Å². The van der Waals surface area contributed by atoms with Crippen LogP contribution in [-0.4, -0.2) is 17.1 Å². The molecular weight excluding hydrogens is 288 g/mol. The standard InChI is InChI=1S/C19H24N2S/c1-13-9-10-17(15(3)11-13)12-21(5)19(22)20-18-8-6-7-14(2)16(18)4/h6-11H,12H2,1-5H3,(H,20,22). The predicted octanol–water partition coefficient (Wildman–Crippen LogP) is 4.75. The first kappa shape index (κ1) is 16.5. The van der Waals surface area contributed by atoms with Gasteiger partial charge < -0.3 is 10.2 Å². The van der Waals surface area contributed by atoms with Crippen molar-refractivity contribution < 1.29 is 0 Å². The summed E-state index contributed by atoms with van der Waals surface area (Å²) in [5.74, 6) is 0. The summed E-state index contributed by atoms with van der Waals surface area (Å²) in [6.45, 7) is 9.31. The zero-order valence-electron chi connectivity index (χ0n) is 14.0. The zero-order chi connectivity index (χ0) is 16.3. The van der Waals surface area contributed by atoms with E-state index in [2.05, 4.69) is 74.3 Å². The lowest BCUT2D eigenvalue weighted by molar-refractivity contribution is 0.507. The second-order valence-corrected chi connectivity index (χ2v) is 6.35. The van der Waals surface area contributed by atoms with Crippen LogP contribution in [0.25, 0.3) is 0 Å². The summed E-state index contributed by atoms with van der Waals surface area (Å²) in [5, 5.41) is 4.10. The zero-order valence-corrected chi connectivity index (χ0v) is 14.8. The maximum Gasteiger partial charge on any atom is 0.173 e. The Morgan fingerprint density at radius 2 is 1.77 bits per heavy atom. The Bertz CT molecular complexity index is 692. The highest BCUT2D eigenvalue weighted by Crippen LogP contribution is 2.19. The van der Waals surface area contributed by atoms with E-state index in [0.717, 1.165) is 17.3 Å². The lowest BCUT2D eigenvalue weighted by Crippen LogP contribution is -2.31. The smallest absolute Gasteiger partial charge is 0.173 e. The van der Waals surface area contributed by atoms with Gasteiger partial charge in [0, 0.05) is 19.3 Å². The second-order valence-electron chi connectivity index (χ2n) is 5.96. The van der Waals surface area contributed by atoms with E-state index in [0.29, 0.717) is 0 Å². The van der Waals surface area contributed by atoms with Crippen LogP contribution >= 0.6 is 12.2 Å². The Morgan fingerprint density at radius 1 is 1.05 bits per heavy atom. The summed E-state index contributed by atoms with van der Waals surface area (Å²) in [7, 11) is 2.03. The first-order valence-electron chi connectivity index (χ1n) is 7.53. The molecule has 0 amide bonds. The third-order valence-corrected chi connectivity index (χ3v) is 4.51. The molecule has 2 aromatic rings. The average Bonchev–Trinajstić information content (AvgIpc) is 2.46. The molecule has 0 aliphatic carbocycles. The number of nitrogens with zero attached hydrogens (tertiary/aromatic N) is 1. The number of hydrogen-bond donors (Lipinski definition) is 1. The molecule has 0 radical (unpaired) electrons. The molecule has 0 bridgehead atoms. The fourth-order valence-electron chi connectivity index (χ4n) is 2.45. The highest BCUT2D eigenvalue weighted by molar-refractivity contribution is 7.80. The molecule has 0 unspecified atom stereocenters. The molecule has 0 aliphatic heterocycles. The van der Waals surface area contributed by atoms with Crippen molar-refractivity contribution in [2.75, 3.05) is 12.4 Å². The Morgan fingerprint density at radius 3 is 2.45 bits per heavy atom. The number of aryl methyl sites for hydroxylation is 3. The van der Waals surface area contributed by atoms with Gasteiger partial charge in [-0.2, -0.15) is 0 Å². The van der Waals surface area contributed by atoms with Crippen LogP contribution in [0.2, 0.25) is 0 Å². The summed E-state index contributed by atoms with van der Waals surface area (Å²) in [6, 6.07) is 12.8. The quantitative estimate of drug-likeness (QED) is 0.823. The third-order valence-electron chi connectivity index (χ3n) is 4.10. The van der Waals surface area contributed by atoms with Crippen molar-refractivity contribution in [3.63, 3.8) is 0 Å². The van der Waals surface area contributed by atoms with E-state index in [1.54, 1.807) is 0 Å². The van der Waals surface area contributed by atoms with E-state index in [1.165, 1.54) is 27.8 Å². The molecule has 2 aromatic carbocycles. The number of thiocarbonyl (C=S) groups is 1. The Kier molecular flexibility index (Phi) is 5.19. The van der Waals surface area contributed by atoms with Gasteiger partial charge in [-0.25, -0.2) is 0 Å². The van der Waals surface area contributed by atoms with Gasteiger partial charge in [0.05, 0.1) is 0 Å². The number of anilines is 1. The van der Waals surface area contributed by atoms with Crippen molar-refractivity contribution >= 4 is 23.0 Å². The SMILES string of the molecule is Cc1ccc(CN(C)C(=S)Nc2cccc(C)c2C)c(C)c1. The summed E-state index contributed by atoms with van der Waals surface area (Å²) < 4.78 is 0. The van der Waals surface area contributed by atoms with Crippen LogP contribution in [0.5, 0.6) is 0 Å². The van der Waals surface area contributed by atoms with Crippen molar-refractivity contribution in [2.24, 2.45) is 0 Å². The van der Waals surface area contributed by atoms with Crippen LogP contribution in [0.4, 0.5) is 5.69 Å². The molecule has 3 heteroatoms. The first-order valence-corrected chi connectivity index (χ1v) is 7.94. The minimum atomic E-state index is 0.744. The van der Waals surface area contributed by atoms with E-state index in [-0.39, 0.29) is 0 Å². The van der Waals surface area contributed by atoms with Crippen LogP contribution in [-0.2, 0) is 6.54 Å². The molecule has 0 aromatic heterocycles. The lowest BCUT2D eigenvalue weighted by atomic mass is 10.1. The van der Waals surface area contributed by atoms with Crippen molar-refractivity contribution in [2.45, 2.75) is 34.2 Å². The molecule has 1 N–H and O–H groups in total. The molecule has 0 aliphatic rings. The molecule has 0 saturated carbocycles. The van der Waals surface area contributed by atoms with E-state index < -0.39 is 0 Å². The van der Waals surface area contributed by atoms with Gasteiger partial charge in [-0.1, -0.05) is 35.9 Å². The second kappa shape index (κ2) is 6.93. The predicted molar refractivity (Wildman–Crippen MR) is 99.5 cm³/mol. The molecule has 0 spiro atoms. The van der Waals surface area contributed by atoms with Gasteiger partial charge in [0.2, 0.25) is 0 Å². The Balaban J connectivity index is 2.07. The molecule has 22 heavy (non-hydrogen) atoms. The van der Waals surface area contributed by atoms with E-state index in [1.807, 2.05) is 7.05 Å². The van der Waals surface area contributed by atoms with Gasteiger partial charge in [-0.15, -0.1) is 0 Å². The van der Waals surface area contributed by atoms with E-state index in [4.69, 9.17) is 12.2 Å². The molecular formula is C19H24N2S. The van der Waals surface area contributed by atoms with Gasteiger partial charge in [-0.05, 0) is 68.2 Å². The van der Waals surface area contributed by atoms with Gasteiger partial charge >= 0.3 is 0 Å². The van der Waals surface area contributed by atoms with Crippen LogP contribution < -0.4 is 5.32 Å². The fraction of sp³-hybridized carbons (Fsp3) is 0.316. The van der Waals surface area contributed by atoms with Gasteiger partial charge in [0.15, 0.2) is 5.11 Å². The third kappa shape index (κ3) is 3.86. The van der Waals surface area contributed by atoms with E-state index >= 15 is 0 Å². The van der Waals surface area contributed by atoms with Crippen LogP contribution in [0.1, 0.15) is 27.8 Å². The molecule has 0 saturated heterocycles. The summed E-state index contributed by atoms with van der Waals surface area (Å²) in [6.07, 6.45) is 0. The van der Waals surface area contributed by atoms with Crippen molar-refractivity contribution in [3.8, 4) is 0 Å². The molecule has 0 heterocycles. The van der Waals surface area contributed by atoms with Crippen molar-refractivity contribution in [1.29, 1.82) is 0 Å². The minimum Gasteiger partial charge on any atom is -0.348 e. The number of rotatable bonds is 3. The molecule has 2 nitrogen and oxygen atoms in total. The largest absolute Gasteiger partial charge is 0.348 e. The topological polar surface area (TPSA) is 15.3 Å². The lowest BCUT2D eigenvalue weighted by Gasteiger charge is -2.23. The Hall–Kier alpha value is -1.87. The molecule has 2 rings (SSSR count). The molecule has 0 atom stereocenters. The highest BCUT2D eigenvalue weighted by atomic mass is 32.1. The minimum absolute atomic E-state index is 0.744. The van der Waals surface area contributed by atoms with Gasteiger partial charge in [0.25, 0.3) is 0 Å². The number of benzene rings is 2. The monoisotopic (exact) mass is 312 g/mol. The highest BCUT2D eigenvalue weighted by Gasteiger charge is 2.09. The maximum absolute atomic E-state index is 5.54. The molecule has 0 fully saturated rings. The summed E-state index contributed by atoms with van der Waals surface area (Å²) in [5.41, 5.74) is 7.49. The Labute approximate surface area is 139 Å². The van der Waals surface area contributed by atoms with E-state index in [9.17, 15) is 0 Å². The fourth-order valence-corrected chi connectivity index (χ4v) is 2.62. The van der Waals surface area contributed by atoms with Crippen molar-refractivity contribution in [3.05, 3.63) is 64.2 Å². The number of hydrogen-bond acceptors (Lipinski definition) is 1. The van der Waals surface area contributed by atoms with Crippen LogP contribution in [0, 0.1) is 27.7 Å². The molecule has 116 valence electrons. The van der Waals surface area contributed by atoms with Crippen LogP contribution in [0.3, 0.4) is 0 Å². The van der Waals surface area contributed by atoms with Crippen LogP contribution in [0.15, 0.2) is 36.4 Å². The van der Waals surface area contributed by atoms with Gasteiger partial charge in [0.1, 0.15) is 0 Å². The normalized spacial score (nSPS) is 10.4. The number of nitrogens with one attached hydrogen (secondary N) is 1. The average molecular weight is 312 g/mol. The summed E-state index contributed by atoms with van der Waals surface area (Å²) in [4.78, 5) is 2.08. The summed E-state index contributed by atoms with van der Waals surface area (Å²) >= 11 is 5.54. The van der Waals surface area contributed by atoms with Crippen molar-refractivity contribution in [1.82, 2.24) is 4.90 Å². The maximum atomic E-state index is 5.54.